The Balaban J connectivity index is 2.01. The summed E-state index contributed by atoms with van der Waals surface area (Å²) in [5.41, 5.74) is 1.98. The second-order valence-electron chi connectivity index (χ2n) is 5.06. The van der Waals surface area contributed by atoms with E-state index >= 15 is 0 Å². The van der Waals surface area contributed by atoms with Gasteiger partial charge in [-0.1, -0.05) is 18.6 Å². The number of nitrogens with one attached hydrogen (secondary N) is 1. The van der Waals surface area contributed by atoms with Crippen LogP contribution in [0.1, 0.15) is 31.2 Å². The Kier molecular flexibility index (Phi) is 5.75. The van der Waals surface area contributed by atoms with Crippen molar-refractivity contribution < 1.29 is 9.15 Å². The molecule has 0 aliphatic rings. The Hall–Kier alpha value is -1.88. The van der Waals surface area contributed by atoms with Gasteiger partial charge in [0.1, 0.15) is 5.75 Å². The predicted octanol–water partition coefficient (Wildman–Crippen LogP) is 2.99. The molecule has 0 bridgehead atoms. The number of rotatable bonds is 8. The van der Waals surface area contributed by atoms with Gasteiger partial charge in [0.15, 0.2) is 0 Å². The first-order chi connectivity index (χ1) is 10.2. The molecular weight excluding hydrogens is 266 g/mol. The largest absolute Gasteiger partial charge is 0.496 e. The van der Waals surface area contributed by atoms with E-state index in [0.29, 0.717) is 11.8 Å². The lowest BCUT2D eigenvalue weighted by Crippen LogP contribution is -2.16. The number of benzene rings is 1. The maximum Gasteiger partial charge on any atom is 0.251 e. The van der Waals surface area contributed by atoms with Crippen molar-refractivity contribution in [3.63, 3.8) is 0 Å². The maximum absolute atomic E-state index is 5.74. The van der Waals surface area contributed by atoms with E-state index in [2.05, 4.69) is 22.4 Å². The van der Waals surface area contributed by atoms with Crippen LogP contribution in [-0.2, 0) is 6.42 Å². The molecule has 0 atom stereocenters. The Morgan fingerprint density at radius 1 is 1.24 bits per heavy atom. The van der Waals surface area contributed by atoms with Gasteiger partial charge in [-0.2, -0.15) is 0 Å². The molecule has 0 radical (unpaired) electrons. The van der Waals surface area contributed by atoms with Crippen molar-refractivity contribution in [3.05, 3.63) is 29.7 Å². The molecule has 0 aliphatic heterocycles. The minimum atomic E-state index is 0.520. The fourth-order valence-electron chi connectivity index (χ4n) is 2.12. The molecule has 0 saturated carbocycles. The molecule has 0 fully saturated rings. The van der Waals surface area contributed by atoms with Crippen LogP contribution in [0.4, 0.5) is 0 Å². The normalized spacial score (nSPS) is 10.8. The van der Waals surface area contributed by atoms with E-state index in [0.717, 1.165) is 49.2 Å². The van der Waals surface area contributed by atoms with Gasteiger partial charge in [0.2, 0.25) is 5.89 Å². The van der Waals surface area contributed by atoms with Gasteiger partial charge in [-0.15, -0.1) is 10.2 Å². The molecule has 0 saturated heterocycles. The summed E-state index contributed by atoms with van der Waals surface area (Å²) < 4.78 is 11.1. The van der Waals surface area contributed by atoms with Crippen LogP contribution in [0.15, 0.2) is 22.6 Å². The summed E-state index contributed by atoms with van der Waals surface area (Å²) in [6.07, 6.45) is 2.93. The van der Waals surface area contributed by atoms with Gasteiger partial charge >= 0.3 is 0 Å². The molecule has 2 rings (SSSR count). The highest BCUT2D eigenvalue weighted by molar-refractivity contribution is 5.63. The van der Waals surface area contributed by atoms with Crippen molar-refractivity contribution in [3.8, 4) is 17.2 Å². The number of aromatic nitrogens is 2. The maximum atomic E-state index is 5.74. The minimum absolute atomic E-state index is 0.520. The van der Waals surface area contributed by atoms with Gasteiger partial charge < -0.3 is 14.5 Å². The Labute approximate surface area is 125 Å². The van der Waals surface area contributed by atoms with Crippen LogP contribution in [0.2, 0.25) is 0 Å². The summed E-state index contributed by atoms with van der Waals surface area (Å²) in [5, 5.41) is 11.6. The van der Waals surface area contributed by atoms with Crippen LogP contribution in [0.3, 0.4) is 0 Å². The third kappa shape index (κ3) is 4.29. The van der Waals surface area contributed by atoms with Crippen molar-refractivity contribution >= 4 is 0 Å². The van der Waals surface area contributed by atoms with Gasteiger partial charge in [-0.3, -0.25) is 0 Å². The molecule has 5 nitrogen and oxygen atoms in total. The highest BCUT2D eigenvalue weighted by Crippen LogP contribution is 2.29. The molecule has 0 unspecified atom stereocenters. The number of hydrogen-bond donors (Lipinski definition) is 1. The Morgan fingerprint density at radius 3 is 2.86 bits per heavy atom. The van der Waals surface area contributed by atoms with E-state index in [1.807, 2.05) is 25.1 Å². The smallest absolute Gasteiger partial charge is 0.251 e. The minimum Gasteiger partial charge on any atom is -0.496 e. The molecule has 1 N–H and O–H groups in total. The van der Waals surface area contributed by atoms with Crippen LogP contribution >= 0.6 is 0 Å². The number of ether oxygens (including phenoxy) is 1. The van der Waals surface area contributed by atoms with Crippen LogP contribution in [0.5, 0.6) is 5.75 Å². The van der Waals surface area contributed by atoms with Crippen LogP contribution in [-0.4, -0.2) is 30.4 Å². The second kappa shape index (κ2) is 7.78. The highest BCUT2D eigenvalue weighted by Gasteiger charge is 2.13. The first-order valence-corrected chi connectivity index (χ1v) is 7.42. The van der Waals surface area contributed by atoms with Crippen molar-refractivity contribution in [1.82, 2.24) is 15.5 Å². The monoisotopic (exact) mass is 289 g/mol. The Morgan fingerprint density at radius 2 is 2.10 bits per heavy atom. The third-order valence-corrected chi connectivity index (χ3v) is 3.22. The molecule has 1 aromatic heterocycles. The molecule has 1 heterocycles. The second-order valence-corrected chi connectivity index (χ2v) is 5.06. The topological polar surface area (TPSA) is 60.2 Å². The summed E-state index contributed by atoms with van der Waals surface area (Å²) in [6, 6.07) is 5.92. The van der Waals surface area contributed by atoms with Crippen molar-refractivity contribution in [2.45, 2.75) is 33.1 Å². The lowest BCUT2D eigenvalue weighted by molar-refractivity contribution is 0.413. The SMILES string of the molecule is CCCNCCCc1nnc(-c2cc(C)ccc2OC)o1. The van der Waals surface area contributed by atoms with Gasteiger partial charge in [0.05, 0.1) is 12.7 Å². The lowest BCUT2D eigenvalue weighted by atomic mass is 10.1. The number of aryl methyl sites for hydroxylation is 2. The zero-order chi connectivity index (χ0) is 15.1. The summed E-state index contributed by atoms with van der Waals surface area (Å²) in [5.74, 6) is 1.94. The average Bonchev–Trinajstić information content (AvgIpc) is 2.96. The Bertz CT molecular complexity index is 566. The third-order valence-electron chi connectivity index (χ3n) is 3.22. The zero-order valence-corrected chi connectivity index (χ0v) is 13.0. The molecule has 1 aromatic carbocycles. The molecule has 0 aliphatic carbocycles. The summed E-state index contributed by atoms with van der Waals surface area (Å²) in [4.78, 5) is 0. The molecule has 5 heteroatoms. The van der Waals surface area contributed by atoms with E-state index in [1.54, 1.807) is 7.11 Å². The average molecular weight is 289 g/mol. The fraction of sp³-hybridized carbons (Fsp3) is 0.500. The molecule has 2 aromatic rings. The molecule has 21 heavy (non-hydrogen) atoms. The number of nitrogens with zero attached hydrogens (tertiary/aromatic N) is 2. The molecular formula is C16H23N3O2. The van der Waals surface area contributed by atoms with E-state index < -0.39 is 0 Å². The summed E-state index contributed by atoms with van der Waals surface area (Å²) in [6.45, 7) is 6.21. The van der Waals surface area contributed by atoms with Crippen molar-refractivity contribution in [2.75, 3.05) is 20.2 Å². The van der Waals surface area contributed by atoms with E-state index in [-0.39, 0.29) is 0 Å². The summed E-state index contributed by atoms with van der Waals surface area (Å²) in [7, 11) is 1.64. The lowest BCUT2D eigenvalue weighted by Gasteiger charge is -2.05. The standard InChI is InChI=1S/C16H23N3O2/c1-4-9-17-10-5-6-15-18-19-16(21-15)13-11-12(2)7-8-14(13)20-3/h7-8,11,17H,4-6,9-10H2,1-3H3. The molecule has 0 amide bonds. The summed E-state index contributed by atoms with van der Waals surface area (Å²) >= 11 is 0. The van der Waals surface area contributed by atoms with Crippen molar-refractivity contribution in [2.24, 2.45) is 0 Å². The fourth-order valence-corrected chi connectivity index (χ4v) is 2.12. The van der Waals surface area contributed by atoms with E-state index in [9.17, 15) is 0 Å². The molecule has 114 valence electrons. The van der Waals surface area contributed by atoms with Gasteiger partial charge in [0, 0.05) is 6.42 Å². The molecule has 0 spiro atoms. The quantitative estimate of drug-likeness (QED) is 0.757. The van der Waals surface area contributed by atoms with E-state index in [4.69, 9.17) is 9.15 Å². The number of methoxy groups -OCH3 is 1. The van der Waals surface area contributed by atoms with E-state index in [1.165, 1.54) is 0 Å². The van der Waals surface area contributed by atoms with Crippen LogP contribution < -0.4 is 10.1 Å². The first-order valence-electron chi connectivity index (χ1n) is 7.42. The van der Waals surface area contributed by atoms with Crippen LogP contribution in [0.25, 0.3) is 11.5 Å². The number of hydrogen-bond acceptors (Lipinski definition) is 5. The zero-order valence-electron chi connectivity index (χ0n) is 13.0. The first kappa shape index (κ1) is 15.5. The highest BCUT2D eigenvalue weighted by atomic mass is 16.5. The predicted molar refractivity (Wildman–Crippen MR) is 82.5 cm³/mol. The van der Waals surface area contributed by atoms with Gasteiger partial charge in [-0.25, -0.2) is 0 Å². The van der Waals surface area contributed by atoms with Gasteiger partial charge in [0.25, 0.3) is 5.89 Å². The van der Waals surface area contributed by atoms with Crippen molar-refractivity contribution in [1.29, 1.82) is 0 Å². The van der Waals surface area contributed by atoms with Crippen LogP contribution in [0, 0.1) is 6.92 Å². The van der Waals surface area contributed by atoms with Gasteiger partial charge in [-0.05, 0) is 45.0 Å².